The van der Waals surface area contributed by atoms with E-state index >= 15 is 0 Å². The first kappa shape index (κ1) is 17.8. The summed E-state index contributed by atoms with van der Waals surface area (Å²) < 4.78 is 41.1. The fourth-order valence-corrected chi connectivity index (χ4v) is 3.92. The first-order valence-electron chi connectivity index (χ1n) is 7.24. The summed E-state index contributed by atoms with van der Waals surface area (Å²) in [6.45, 7) is 0. The average molecular weight is 386 g/mol. The van der Waals surface area contributed by atoms with Gasteiger partial charge in [-0.15, -0.1) is 11.3 Å². The van der Waals surface area contributed by atoms with Gasteiger partial charge in [0.05, 0.1) is 6.04 Å². The lowest BCUT2D eigenvalue weighted by atomic mass is 9.79. The van der Waals surface area contributed by atoms with Gasteiger partial charge >= 0.3 is 6.18 Å². The highest BCUT2D eigenvalue weighted by molar-refractivity contribution is 7.80. The number of hydrogen-bond donors (Lipinski definition) is 3. The predicted molar refractivity (Wildman–Crippen MR) is 91.2 cm³/mol. The summed E-state index contributed by atoms with van der Waals surface area (Å²) in [5, 5.41) is 16.3. The van der Waals surface area contributed by atoms with Crippen LogP contribution in [-0.2, 0) is 0 Å². The van der Waals surface area contributed by atoms with Crippen molar-refractivity contribution in [1.82, 2.24) is 10.6 Å². The number of carbonyl (C=O) groups is 1. The number of ketones is 1. The molecule has 0 spiro atoms. The number of thiophene rings is 1. The Balaban J connectivity index is 2.14. The Hall–Kier alpha value is -1.97. The first-order chi connectivity index (χ1) is 11.7. The second-order valence-electron chi connectivity index (χ2n) is 5.56. The molecular formula is C16H13F3N2O2S2. The summed E-state index contributed by atoms with van der Waals surface area (Å²) in [4.78, 5) is 13.4. The molecule has 2 heterocycles. The van der Waals surface area contributed by atoms with Crippen molar-refractivity contribution in [2.24, 2.45) is 5.92 Å². The molecule has 0 saturated carbocycles. The third-order valence-corrected chi connectivity index (χ3v) is 5.17. The van der Waals surface area contributed by atoms with E-state index in [1.807, 2.05) is 5.32 Å². The predicted octanol–water partition coefficient (Wildman–Crippen LogP) is 3.02. The Kier molecular flexibility index (Phi) is 4.56. The van der Waals surface area contributed by atoms with Crippen LogP contribution in [0.15, 0.2) is 47.8 Å². The molecule has 132 valence electrons. The number of benzene rings is 1. The van der Waals surface area contributed by atoms with Gasteiger partial charge < -0.3 is 15.7 Å². The van der Waals surface area contributed by atoms with Gasteiger partial charge in [-0.1, -0.05) is 36.4 Å². The maximum atomic E-state index is 13.7. The molecule has 0 radical (unpaired) electrons. The highest BCUT2D eigenvalue weighted by Crippen LogP contribution is 2.44. The topological polar surface area (TPSA) is 61.4 Å². The van der Waals surface area contributed by atoms with E-state index in [0.29, 0.717) is 4.88 Å². The van der Waals surface area contributed by atoms with Crippen molar-refractivity contribution in [3.05, 3.63) is 58.3 Å². The van der Waals surface area contributed by atoms with Crippen LogP contribution >= 0.6 is 23.6 Å². The third-order valence-electron chi connectivity index (χ3n) is 4.00. The summed E-state index contributed by atoms with van der Waals surface area (Å²) in [5.41, 5.74) is -3.40. The third kappa shape index (κ3) is 3.14. The van der Waals surface area contributed by atoms with E-state index in [1.54, 1.807) is 35.7 Å². The van der Waals surface area contributed by atoms with Crippen LogP contribution in [0.25, 0.3) is 0 Å². The smallest absolute Gasteiger partial charge is 0.363 e. The Morgan fingerprint density at radius 1 is 1.20 bits per heavy atom. The molecule has 3 atom stereocenters. The van der Waals surface area contributed by atoms with Crippen molar-refractivity contribution in [2.45, 2.75) is 17.9 Å². The van der Waals surface area contributed by atoms with Gasteiger partial charge in [0.1, 0.15) is 5.92 Å². The molecule has 3 rings (SSSR count). The van der Waals surface area contributed by atoms with E-state index in [9.17, 15) is 23.1 Å². The molecule has 3 N–H and O–H groups in total. The van der Waals surface area contributed by atoms with E-state index in [-0.39, 0.29) is 10.7 Å². The van der Waals surface area contributed by atoms with Crippen LogP contribution < -0.4 is 10.6 Å². The molecule has 1 saturated heterocycles. The minimum Gasteiger partial charge on any atom is -0.363 e. The standard InChI is InChI=1S/C16H13F3N2O2S2/c17-16(18,19)15(23)11(13(22)9-5-2-1-3-6-9)12(20-14(24)21-15)10-7-4-8-25-10/h1-8,11-12,23H,(H2,20,21,24)/t11-,12+,15-/m0/s1. The van der Waals surface area contributed by atoms with Gasteiger partial charge in [0, 0.05) is 10.4 Å². The van der Waals surface area contributed by atoms with E-state index in [2.05, 4.69) is 5.32 Å². The largest absolute Gasteiger partial charge is 0.437 e. The number of Topliss-reactive ketones (excluding diaryl/α,β-unsaturated/α-hetero) is 1. The molecule has 0 bridgehead atoms. The quantitative estimate of drug-likeness (QED) is 0.559. The van der Waals surface area contributed by atoms with Crippen LogP contribution in [0.4, 0.5) is 13.2 Å². The number of alkyl halides is 3. The maximum absolute atomic E-state index is 13.7. The Bertz CT molecular complexity index is 780. The summed E-state index contributed by atoms with van der Waals surface area (Å²) in [5.74, 6) is -2.68. The van der Waals surface area contributed by atoms with E-state index in [0.717, 1.165) is 0 Å². The molecular weight excluding hydrogens is 373 g/mol. The van der Waals surface area contributed by atoms with Crippen LogP contribution in [0.1, 0.15) is 21.3 Å². The fraction of sp³-hybridized carbons (Fsp3) is 0.250. The molecule has 1 aliphatic rings. The molecule has 1 fully saturated rings. The fourth-order valence-electron chi connectivity index (χ4n) is 2.83. The number of hydrogen-bond acceptors (Lipinski definition) is 4. The van der Waals surface area contributed by atoms with Gasteiger partial charge in [-0.25, -0.2) is 0 Å². The summed E-state index contributed by atoms with van der Waals surface area (Å²) in [6.07, 6.45) is -5.11. The van der Waals surface area contributed by atoms with Crippen molar-refractivity contribution in [3.8, 4) is 0 Å². The van der Waals surface area contributed by atoms with Gasteiger partial charge in [0.25, 0.3) is 0 Å². The second-order valence-corrected chi connectivity index (χ2v) is 6.95. The van der Waals surface area contributed by atoms with Gasteiger partial charge in [-0.3, -0.25) is 4.79 Å². The van der Waals surface area contributed by atoms with Crippen molar-refractivity contribution in [1.29, 1.82) is 0 Å². The van der Waals surface area contributed by atoms with E-state index in [1.165, 1.54) is 23.5 Å². The van der Waals surface area contributed by atoms with Gasteiger partial charge in [0.15, 0.2) is 10.9 Å². The zero-order valence-electron chi connectivity index (χ0n) is 12.6. The Morgan fingerprint density at radius 2 is 1.88 bits per heavy atom. The average Bonchev–Trinajstić information content (AvgIpc) is 3.08. The second kappa shape index (κ2) is 6.40. The molecule has 0 unspecified atom stereocenters. The number of nitrogens with one attached hydrogen (secondary N) is 2. The van der Waals surface area contributed by atoms with Crippen molar-refractivity contribution in [3.63, 3.8) is 0 Å². The lowest BCUT2D eigenvalue weighted by Crippen LogP contribution is -2.72. The summed E-state index contributed by atoms with van der Waals surface area (Å²) in [6, 6.07) is 9.73. The molecule has 1 aromatic carbocycles. The Labute approximate surface area is 150 Å². The van der Waals surface area contributed by atoms with Crippen molar-refractivity contribution >= 4 is 34.5 Å². The van der Waals surface area contributed by atoms with Crippen LogP contribution in [0.3, 0.4) is 0 Å². The number of carbonyl (C=O) groups excluding carboxylic acids is 1. The number of aliphatic hydroxyl groups is 1. The molecule has 2 aromatic rings. The van der Waals surface area contributed by atoms with Crippen LogP contribution in [0, 0.1) is 5.92 Å². The van der Waals surface area contributed by atoms with E-state index in [4.69, 9.17) is 12.2 Å². The van der Waals surface area contributed by atoms with Gasteiger partial charge in [-0.2, -0.15) is 13.2 Å². The van der Waals surface area contributed by atoms with Crippen molar-refractivity contribution < 1.29 is 23.1 Å². The van der Waals surface area contributed by atoms with Gasteiger partial charge in [0.2, 0.25) is 5.72 Å². The number of halogens is 3. The lowest BCUT2D eigenvalue weighted by Gasteiger charge is -2.45. The Morgan fingerprint density at radius 3 is 2.44 bits per heavy atom. The maximum Gasteiger partial charge on any atom is 0.437 e. The first-order valence-corrected chi connectivity index (χ1v) is 8.53. The molecule has 4 nitrogen and oxygen atoms in total. The zero-order valence-corrected chi connectivity index (χ0v) is 14.2. The molecule has 9 heteroatoms. The van der Waals surface area contributed by atoms with Crippen LogP contribution in [0.2, 0.25) is 0 Å². The van der Waals surface area contributed by atoms with E-state index < -0.39 is 29.6 Å². The van der Waals surface area contributed by atoms with Crippen LogP contribution in [0.5, 0.6) is 0 Å². The van der Waals surface area contributed by atoms with Gasteiger partial charge in [-0.05, 0) is 23.7 Å². The highest BCUT2D eigenvalue weighted by Gasteiger charge is 2.65. The number of thiocarbonyl (C=S) groups is 1. The molecule has 1 aliphatic heterocycles. The summed E-state index contributed by atoms with van der Waals surface area (Å²) in [7, 11) is 0. The molecule has 0 amide bonds. The summed E-state index contributed by atoms with van der Waals surface area (Å²) >= 11 is 6.02. The van der Waals surface area contributed by atoms with Crippen LogP contribution in [-0.4, -0.2) is 27.9 Å². The molecule has 0 aliphatic carbocycles. The lowest BCUT2D eigenvalue weighted by molar-refractivity contribution is -0.285. The zero-order chi connectivity index (χ0) is 18.2. The highest BCUT2D eigenvalue weighted by atomic mass is 32.1. The normalized spacial score (nSPS) is 26.6. The molecule has 25 heavy (non-hydrogen) atoms. The van der Waals surface area contributed by atoms with Crippen molar-refractivity contribution in [2.75, 3.05) is 0 Å². The SMILES string of the molecule is O=C(c1ccccc1)[C@@H]1[C@@H](c2cccs2)NC(=S)N[C@@]1(O)C(F)(F)F. The molecule has 1 aromatic heterocycles. The number of rotatable bonds is 3. The monoisotopic (exact) mass is 386 g/mol. The minimum atomic E-state index is -5.11. The minimum absolute atomic E-state index is 0.0770.